The SMILES string of the molecule is CC(=O)Nc1ccc(OCc2ccccc2)cc1C(=O)CCl. The second kappa shape index (κ2) is 7.61. The fourth-order valence-corrected chi connectivity index (χ4v) is 2.10. The van der Waals surface area contributed by atoms with Gasteiger partial charge in [-0.15, -0.1) is 11.6 Å². The van der Waals surface area contributed by atoms with Crippen LogP contribution in [0.1, 0.15) is 22.8 Å². The minimum absolute atomic E-state index is 0.158. The Labute approximate surface area is 134 Å². The molecule has 0 aromatic heterocycles. The Balaban J connectivity index is 2.19. The highest BCUT2D eigenvalue weighted by atomic mass is 35.5. The average molecular weight is 318 g/mol. The predicted molar refractivity (Wildman–Crippen MR) is 86.6 cm³/mol. The molecular formula is C17H16ClNO3. The first-order valence-electron chi connectivity index (χ1n) is 6.77. The molecule has 0 radical (unpaired) electrons. The number of benzene rings is 2. The van der Waals surface area contributed by atoms with Gasteiger partial charge in [-0.25, -0.2) is 0 Å². The molecule has 0 heterocycles. The summed E-state index contributed by atoms with van der Waals surface area (Å²) in [7, 11) is 0. The van der Waals surface area contributed by atoms with Gasteiger partial charge in [0.25, 0.3) is 0 Å². The molecular weight excluding hydrogens is 302 g/mol. The number of hydrogen-bond donors (Lipinski definition) is 1. The van der Waals surface area contributed by atoms with Crippen LogP contribution < -0.4 is 10.1 Å². The summed E-state index contributed by atoms with van der Waals surface area (Å²) in [5, 5.41) is 2.62. The van der Waals surface area contributed by atoms with Crippen molar-refractivity contribution in [3.05, 3.63) is 59.7 Å². The molecule has 0 spiro atoms. The number of Topliss-reactive ketones (excluding diaryl/α,β-unsaturated/α-hetero) is 1. The van der Waals surface area contributed by atoms with E-state index in [0.717, 1.165) is 5.56 Å². The maximum absolute atomic E-state index is 11.9. The van der Waals surface area contributed by atoms with Crippen LogP contribution in [0, 0.1) is 0 Å². The molecule has 2 aromatic rings. The van der Waals surface area contributed by atoms with Gasteiger partial charge in [-0.05, 0) is 23.8 Å². The molecule has 0 saturated carbocycles. The Morgan fingerprint density at radius 3 is 2.50 bits per heavy atom. The fraction of sp³-hybridized carbons (Fsp3) is 0.176. The number of halogens is 1. The van der Waals surface area contributed by atoms with Crippen molar-refractivity contribution in [1.82, 2.24) is 0 Å². The highest BCUT2D eigenvalue weighted by molar-refractivity contribution is 6.31. The molecule has 0 aliphatic heterocycles. The summed E-state index contributed by atoms with van der Waals surface area (Å²) in [5.41, 5.74) is 1.81. The quantitative estimate of drug-likeness (QED) is 0.653. The molecule has 0 bridgehead atoms. The number of amides is 1. The van der Waals surface area contributed by atoms with E-state index in [-0.39, 0.29) is 17.6 Å². The van der Waals surface area contributed by atoms with Crippen molar-refractivity contribution in [2.24, 2.45) is 0 Å². The van der Waals surface area contributed by atoms with Gasteiger partial charge >= 0.3 is 0 Å². The number of rotatable bonds is 6. The molecule has 0 aliphatic carbocycles. The predicted octanol–water partition coefficient (Wildman–Crippen LogP) is 3.65. The van der Waals surface area contributed by atoms with Crippen molar-refractivity contribution in [3.63, 3.8) is 0 Å². The third-order valence-corrected chi connectivity index (χ3v) is 3.21. The minimum Gasteiger partial charge on any atom is -0.489 e. The van der Waals surface area contributed by atoms with E-state index >= 15 is 0 Å². The zero-order valence-electron chi connectivity index (χ0n) is 12.1. The maximum atomic E-state index is 11.9. The van der Waals surface area contributed by atoms with E-state index in [0.29, 0.717) is 23.6 Å². The molecule has 0 saturated heterocycles. The summed E-state index contributed by atoms with van der Waals surface area (Å²) in [6, 6.07) is 14.7. The van der Waals surface area contributed by atoms with Crippen molar-refractivity contribution in [2.75, 3.05) is 11.2 Å². The fourth-order valence-electron chi connectivity index (χ4n) is 1.96. The highest BCUT2D eigenvalue weighted by Gasteiger charge is 2.13. The van der Waals surface area contributed by atoms with Crippen LogP contribution in [0.3, 0.4) is 0 Å². The summed E-state index contributed by atoms with van der Waals surface area (Å²) in [6.45, 7) is 1.78. The second-order valence-electron chi connectivity index (χ2n) is 4.72. The van der Waals surface area contributed by atoms with Crippen LogP contribution in [-0.2, 0) is 11.4 Å². The van der Waals surface area contributed by atoms with Crippen LogP contribution in [0.2, 0.25) is 0 Å². The number of hydrogen-bond acceptors (Lipinski definition) is 3. The number of ether oxygens (including phenoxy) is 1. The lowest BCUT2D eigenvalue weighted by Gasteiger charge is -2.12. The van der Waals surface area contributed by atoms with Gasteiger partial charge in [-0.1, -0.05) is 30.3 Å². The Morgan fingerprint density at radius 1 is 1.14 bits per heavy atom. The lowest BCUT2D eigenvalue weighted by molar-refractivity contribution is -0.114. The Kier molecular flexibility index (Phi) is 5.55. The summed E-state index contributed by atoms with van der Waals surface area (Å²) in [4.78, 5) is 23.1. The van der Waals surface area contributed by atoms with E-state index in [1.165, 1.54) is 6.92 Å². The number of alkyl halides is 1. The van der Waals surface area contributed by atoms with Crippen LogP contribution >= 0.6 is 11.6 Å². The third-order valence-electron chi connectivity index (χ3n) is 2.97. The molecule has 4 nitrogen and oxygen atoms in total. The Bertz CT molecular complexity index is 671. The first-order valence-corrected chi connectivity index (χ1v) is 7.31. The van der Waals surface area contributed by atoms with E-state index in [1.807, 2.05) is 30.3 Å². The van der Waals surface area contributed by atoms with Gasteiger partial charge in [0.1, 0.15) is 12.4 Å². The number of ketones is 1. The number of carbonyl (C=O) groups excluding carboxylic acids is 2. The average Bonchev–Trinajstić information content (AvgIpc) is 2.53. The molecule has 5 heteroatoms. The van der Waals surface area contributed by atoms with Crippen molar-refractivity contribution in [1.29, 1.82) is 0 Å². The second-order valence-corrected chi connectivity index (χ2v) is 4.99. The van der Waals surface area contributed by atoms with Crippen molar-refractivity contribution >= 4 is 29.0 Å². The van der Waals surface area contributed by atoms with Gasteiger partial charge in [0.2, 0.25) is 5.91 Å². The number of carbonyl (C=O) groups is 2. The molecule has 0 aliphatic rings. The smallest absolute Gasteiger partial charge is 0.221 e. The first kappa shape index (κ1) is 16.0. The normalized spacial score (nSPS) is 10.1. The molecule has 114 valence electrons. The number of anilines is 1. The van der Waals surface area contributed by atoms with Gasteiger partial charge in [0, 0.05) is 12.5 Å². The van der Waals surface area contributed by atoms with Gasteiger partial charge in [-0.3, -0.25) is 9.59 Å². The molecule has 0 fully saturated rings. The van der Waals surface area contributed by atoms with E-state index in [4.69, 9.17) is 16.3 Å². The molecule has 1 N–H and O–H groups in total. The lowest BCUT2D eigenvalue weighted by atomic mass is 10.1. The first-order chi connectivity index (χ1) is 10.6. The van der Waals surface area contributed by atoms with Gasteiger partial charge in [-0.2, -0.15) is 0 Å². The van der Waals surface area contributed by atoms with Crippen LogP contribution in [-0.4, -0.2) is 17.6 Å². The van der Waals surface area contributed by atoms with E-state index in [2.05, 4.69) is 5.32 Å². The minimum atomic E-state index is -0.268. The largest absolute Gasteiger partial charge is 0.489 e. The number of nitrogens with one attached hydrogen (secondary N) is 1. The molecule has 22 heavy (non-hydrogen) atoms. The standard InChI is InChI=1S/C17H16ClNO3/c1-12(20)19-16-8-7-14(9-15(16)17(21)10-18)22-11-13-5-3-2-4-6-13/h2-9H,10-11H2,1H3,(H,19,20). The van der Waals surface area contributed by atoms with Crippen LogP contribution in [0.15, 0.2) is 48.5 Å². The van der Waals surface area contributed by atoms with E-state index < -0.39 is 0 Å². The molecule has 2 rings (SSSR count). The van der Waals surface area contributed by atoms with E-state index in [1.54, 1.807) is 18.2 Å². The monoisotopic (exact) mass is 317 g/mol. The summed E-state index contributed by atoms with van der Waals surface area (Å²) in [6.07, 6.45) is 0. The Morgan fingerprint density at radius 2 is 1.86 bits per heavy atom. The van der Waals surface area contributed by atoms with Gasteiger partial charge in [0.15, 0.2) is 5.78 Å². The summed E-state index contributed by atoms with van der Waals surface area (Å²) < 4.78 is 5.68. The van der Waals surface area contributed by atoms with E-state index in [9.17, 15) is 9.59 Å². The molecule has 0 unspecified atom stereocenters. The Hall–Kier alpha value is -2.33. The topological polar surface area (TPSA) is 55.4 Å². The zero-order valence-corrected chi connectivity index (χ0v) is 12.9. The highest BCUT2D eigenvalue weighted by Crippen LogP contribution is 2.24. The van der Waals surface area contributed by atoms with Crippen molar-refractivity contribution < 1.29 is 14.3 Å². The van der Waals surface area contributed by atoms with Gasteiger partial charge < -0.3 is 10.1 Å². The lowest BCUT2D eigenvalue weighted by Crippen LogP contribution is -2.12. The van der Waals surface area contributed by atoms with Crippen LogP contribution in [0.4, 0.5) is 5.69 Å². The molecule has 2 aromatic carbocycles. The maximum Gasteiger partial charge on any atom is 0.221 e. The molecule has 1 amide bonds. The third kappa shape index (κ3) is 4.33. The summed E-state index contributed by atoms with van der Waals surface area (Å²) >= 11 is 5.62. The van der Waals surface area contributed by atoms with Crippen molar-refractivity contribution in [2.45, 2.75) is 13.5 Å². The van der Waals surface area contributed by atoms with Crippen LogP contribution in [0.5, 0.6) is 5.75 Å². The summed E-state index contributed by atoms with van der Waals surface area (Å²) in [5.74, 6) is -0.127. The molecule has 0 atom stereocenters. The zero-order chi connectivity index (χ0) is 15.9. The van der Waals surface area contributed by atoms with Crippen LogP contribution in [0.25, 0.3) is 0 Å². The van der Waals surface area contributed by atoms with Crippen molar-refractivity contribution in [3.8, 4) is 5.75 Å². The van der Waals surface area contributed by atoms with Gasteiger partial charge in [0.05, 0.1) is 11.6 Å².